The standard InChI is InChI=1S/Al.Mg.H5PSi.5H/c;;1-2;;;;;/h;;1H2,2H3;;;;;/q;+2;;;;;2*-1. The first-order chi connectivity index (χ1) is 1.00. The predicted molar refractivity (Wildman–Crippen MR) is 37.6 cm³/mol. The summed E-state index contributed by atoms with van der Waals surface area (Å²) in [5.41, 5.74) is 0. The summed E-state index contributed by atoms with van der Waals surface area (Å²) in [7, 11) is 3.78. The molecular formula is H10AlMgPSi. The van der Waals surface area contributed by atoms with Gasteiger partial charge in [0.05, 0.1) is 0 Å². The zero-order valence-corrected chi connectivity index (χ0v) is 6.85. The molecule has 0 N–H and O–H groups in total. The van der Waals surface area contributed by atoms with E-state index in [1.54, 1.807) is 0 Å². The minimum atomic E-state index is 0. The van der Waals surface area contributed by atoms with Crippen LogP contribution in [-0.4, -0.2) is 50.3 Å². The molecule has 0 aliphatic heterocycles. The molecule has 0 aromatic heterocycles. The van der Waals surface area contributed by atoms with E-state index in [1.807, 2.05) is 0 Å². The van der Waals surface area contributed by atoms with E-state index in [2.05, 4.69) is 8.79 Å². The third-order valence-corrected chi connectivity index (χ3v) is 0. The molecule has 0 saturated heterocycles. The van der Waals surface area contributed by atoms with Crippen molar-refractivity contribution in [2.75, 3.05) is 0 Å². The van der Waals surface area contributed by atoms with Gasteiger partial charge < -0.3 is 2.85 Å². The number of hydrogen-bond donors (Lipinski definition) is 0. The van der Waals surface area contributed by atoms with Gasteiger partial charge in [-0.25, -0.2) is 0 Å². The minimum absolute atomic E-state index is 0. The molecule has 0 aliphatic carbocycles. The van der Waals surface area contributed by atoms with Crippen LogP contribution in [0.15, 0.2) is 0 Å². The molecule has 0 aromatic rings. The molecule has 0 rings (SSSR count). The van der Waals surface area contributed by atoms with Crippen LogP contribution >= 0.6 is 8.79 Å². The van der Waals surface area contributed by atoms with Gasteiger partial charge in [0.25, 0.3) is 0 Å². The normalized spacial score (nSPS) is 2.25. The summed E-state index contributed by atoms with van der Waals surface area (Å²) in [5, 5.41) is 0. The van der Waals surface area contributed by atoms with Gasteiger partial charge in [0.2, 0.25) is 0 Å². The van der Waals surface area contributed by atoms with Crippen molar-refractivity contribution in [3.63, 3.8) is 0 Å². The van der Waals surface area contributed by atoms with Gasteiger partial charge in [-0.05, 0) is 0 Å². The van der Waals surface area contributed by atoms with Crippen molar-refractivity contribution < 1.29 is 2.85 Å². The molecule has 0 amide bonds. The van der Waals surface area contributed by atoms with Crippen LogP contribution in [0.25, 0.3) is 0 Å². The zero-order chi connectivity index (χ0) is 2.00. The summed E-state index contributed by atoms with van der Waals surface area (Å²) in [5.74, 6) is 0. The van der Waals surface area contributed by atoms with Gasteiger partial charge >= 0.3 is 23.1 Å². The van der Waals surface area contributed by atoms with Gasteiger partial charge in [-0.2, -0.15) is 8.79 Å². The number of hydrogen-bond acceptors (Lipinski definition) is 0. The van der Waals surface area contributed by atoms with Crippen molar-refractivity contribution in [2.24, 2.45) is 0 Å². The van der Waals surface area contributed by atoms with Gasteiger partial charge in [-0.1, -0.05) is 0 Å². The van der Waals surface area contributed by atoms with Crippen LogP contribution in [0.4, 0.5) is 0 Å². The van der Waals surface area contributed by atoms with Crippen molar-refractivity contribution in [3.8, 4) is 0 Å². The van der Waals surface area contributed by atoms with E-state index in [4.69, 9.17) is 0 Å². The Balaban J connectivity index is -0.000000000833. The smallest absolute Gasteiger partial charge is 1.00 e. The molecule has 4 heteroatoms. The Hall–Kier alpha value is 1.95. The molecule has 0 fully saturated rings. The molecule has 0 spiro atoms. The zero-order valence-electron chi connectivity index (χ0n) is 4.28. The van der Waals surface area contributed by atoms with Gasteiger partial charge in [-0.15, -0.1) is 0 Å². The van der Waals surface area contributed by atoms with E-state index in [-0.39, 0.29) is 43.3 Å². The second-order valence-corrected chi connectivity index (χ2v) is 0. The fraction of sp³-hybridized carbons (Fsp3) is 0. The average molecular weight is 120 g/mol. The van der Waals surface area contributed by atoms with Crippen LogP contribution in [0.5, 0.6) is 0 Å². The Labute approximate surface area is 61.8 Å². The molecule has 0 bridgehead atoms. The van der Waals surface area contributed by atoms with Crippen molar-refractivity contribution >= 4 is 59.1 Å². The third kappa shape index (κ3) is 9.04. The molecule has 0 heterocycles. The quantitative estimate of drug-likeness (QED) is 0.252. The largest absolute Gasteiger partial charge is 2.00 e. The fourth-order valence-electron chi connectivity index (χ4n) is 0. The summed E-state index contributed by atoms with van der Waals surface area (Å²) in [6.45, 7) is 0. The van der Waals surface area contributed by atoms with Crippen molar-refractivity contribution in [3.05, 3.63) is 0 Å². The summed E-state index contributed by atoms with van der Waals surface area (Å²) in [6, 6.07) is 0. The van der Waals surface area contributed by atoms with Crippen molar-refractivity contribution in [1.29, 1.82) is 0 Å². The first kappa shape index (κ1) is 16.8. The van der Waals surface area contributed by atoms with Crippen LogP contribution in [0, 0.1) is 0 Å². The van der Waals surface area contributed by atoms with Gasteiger partial charge in [0.15, 0.2) is 17.4 Å². The van der Waals surface area contributed by atoms with E-state index in [0.717, 1.165) is 0 Å². The summed E-state index contributed by atoms with van der Waals surface area (Å²) in [6.07, 6.45) is 0. The van der Waals surface area contributed by atoms with Gasteiger partial charge in [0.1, 0.15) is 0 Å². The molecule has 24 valence electrons. The Kier molecular flexibility index (Phi) is 85.2. The molecule has 0 radical (unpaired) electrons. The molecule has 0 nitrogen and oxygen atoms in total. The Morgan fingerprint density at radius 1 is 1.50 bits per heavy atom. The van der Waals surface area contributed by atoms with E-state index >= 15 is 0 Å². The van der Waals surface area contributed by atoms with E-state index in [1.165, 1.54) is 9.91 Å². The molecule has 1 atom stereocenters. The van der Waals surface area contributed by atoms with E-state index in [0.29, 0.717) is 0 Å². The molecule has 0 saturated carbocycles. The van der Waals surface area contributed by atoms with Crippen LogP contribution < -0.4 is 0 Å². The molecule has 0 aromatic carbocycles. The molecule has 0 aliphatic rings. The fourth-order valence-corrected chi connectivity index (χ4v) is 0. The van der Waals surface area contributed by atoms with Gasteiger partial charge in [-0.3, -0.25) is 0 Å². The van der Waals surface area contributed by atoms with Crippen LogP contribution in [-0.2, 0) is 0 Å². The summed E-state index contributed by atoms with van der Waals surface area (Å²) in [4.78, 5) is 0. The van der Waals surface area contributed by atoms with Crippen molar-refractivity contribution in [1.82, 2.24) is 0 Å². The summed E-state index contributed by atoms with van der Waals surface area (Å²) >= 11 is 0. The Morgan fingerprint density at radius 2 is 1.50 bits per heavy atom. The first-order valence-electron chi connectivity index (χ1n) is 0.577. The average Bonchev–Trinajstić information content (AvgIpc) is 1.00. The molecule has 1 unspecified atom stereocenters. The van der Waals surface area contributed by atoms with E-state index in [9.17, 15) is 0 Å². The van der Waals surface area contributed by atoms with Crippen LogP contribution in [0.2, 0.25) is 0 Å². The number of rotatable bonds is 0. The molecule has 4 heavy (non-hydrogen) atoms. The van der Waals surface area contributed by atoms with Gasteiger partial charge in [0, 0.05) is 9.91 Å². The molecular weight excluding hydrogens is 110 g/mol. The maximum atomic E-state index is 2.56. The van der Waals surface area contributed by atoms with Crippen LogP contribution in [0.3, 0.4) is 0 Å². The minimum Gasteiger partial charge on any atom is -1.00 e. The Morgan fingerprint density at radius 3 is 1.50 bits per heavy atom. The maximum absolute atomic E-state index is 2.56. The maximum Gasteiger partial charge on any atom is 2.00 e. The van der Waals surface area contributed by atoms with Crippen molar-refractivity contribution in [2.45, 2.75) is 0 Å². The predicted octanol–water partition coefficient (Wildman–Crippen LogP) is -2.20. The first-order valence-corrected chi connectivity index (χ1v) is 5.20. The SMILES string of the molecule is [AlH3].[H-].[H-].[Mg+2].[SiH3]P. The summed E-state index contributed by atoms with van der Waals surface area (Å²) < 4.78 is 0. The second kappa shape index (κ2) is 20.3. The van der Waals surface area contributed by atoms with E-state index < -0.39 is 0 Å². The Bertz CT molecular complexity index is 13.5. The van der Waals surface area contributed by atoms with Crippen LogP contribution in [0.1, 0.15) is 2.85 Å². The second-order valence-electron chi connectivity index (χ2n) is 0. The monoisotopic (exact) mass is 120 g/mol. The third-order valence-electron chi connectivity index (χ3n) is 0. The topological polar surface area (TPSA) is 0 Å².